The van der Waals surface area contributed by atoms with Crippen molar-refractivity contribution in [2.75, 3.05) is 0 Å². The van der Waals surface area contributed by atoms with E-state index in [1.54, 1.807) is 0 Å². The zero-order valence-corrected chi connectivity index (χ0v) is 32.1. The minimum atomic E-state index is 0.506. The average Bonchev–Trinajstić information content (AvgIpc) is 3.89. The van der Waals surface area contributed by atoms with Gasteiger partial charge in [0.1, 0.15) is 0 Å². The summed E-state index contributed by atoms with van der Waals surface area (Å²) in [5.74, 6) is 1.02. The van der Waals surface area contributed by atoms with E-state index in [0.717, 1.165) is 29.5 Å². The topological polar surface area (TPSA) is 43.9 Å². The lowest BCUT2D eigenvalue weighted by Gasteiger charge is -2.16. The Morgan fingerprint density at radius 3 is 1.36 bits per heavy atom. The second-order valence-corrected chi connectivity index (χ2v) is 14.7. The highest BCUT2D eigenvalue weighted by Crippen LogP contribution is 2.40. The molecule has 274 valence electrons. The number of hydrogen-bond acceptors (Lipinski definition) is 3. The maximum Gasteiger partial charge on any atom is 0.248 e. The number of aromatic nitrogens is 3. The van der Waals surface area contributed by atoms with Crippen molar-refractivity contribution in [3.8, 4) is 62.0 Å². The minimum Gasteiger partial charge on any atom is -0.416 e. The van der Waals surface area contributed by atoms with E-state index in [-0.39, 0.29) is 0 Å². The third-order valence-corrected chi connectivity index (χ3v) is 11.0. The molecule has 2 aromatic heterocycles. The van der Waals surface area contributed by atoms with Crippen molar-refractivity contribution in [2.45, 2.75) is 52.4 Å². The molecule has 2 heterocycles. The van der Waals surface area contributed by atoms with Crippen LogP contribution >= 0.6 is 0 Å². The van der Waals surface area contributed by atoms with E-state index in [4.69, 9.17) is 4.42 Å². The van der Waals surface area contributed by atoms with Crippen LogP contribution < -0.4 is 0 Å². The highest BCUT2D eigenvalue weighted by molar-refractivity contribution is 6.09. The summed E-state index contributed by atoms with van der Waals surface area (Å²) in [5, 5.41) is 11.3. The van der Waals surface area contributed by atoms with Crippen LogP contribution in [0.3, 0.4) is 0 Å². The first-order chi connectivity index (χ1) is 27.7. The molecule has 0 saturated carbocycles. The van der Waals surface area contributed by atoms with Crippen molar-refractivity contribution in [1.82, 2.24) is 14.8 Å². The molecule has 0 bridgehead atoms. The highest BCUT2D eigenvalue weighted by Gasteiger charge is 2.17. The maximum absolute atomic E-state index is 6.04. The van der Waals surface area contributed by atoms with Gasteiger partial charge >= 0.3 is 0 Å². The molecular weight excluding hydrogens is 683 g/mol. The molecule has 9 aromatic rings. The molecule has 0 spiro atoms. The van der Waals surface area contributed by atoms with Crippen LogP contribution in [-0.2, 0) is 12.8 Å². The third kappa shape index (κ3) is 6.84. The van der Waals surface area contributed by atoms with Crippen molar-refractivity contribution >= 4 is 21.8 Å². The van der Waals surface area contributed by atoms with Crippen LogP contribution in [-0.4, -0.2) is 14.8 Å². The summed E-state index contributed by atoms with van der Waals surface area (Å²) in [4.78, 5) is 0. The lowest BCUT2D eigenvalue weighted by molar-refractivity contribution is 0.584. The van der Waals surface area contributed by atoms with Gasteiger partial charge in [0.15, 0.2) is 0 Å². The van der Waals surface area contributed by atoms with E-state index in [1.165, 1.54) is 92.1 Å². The first-order valence-electron chi connectivity index (χ1n) is 20.0. The number of aryl methyl sites for hydroxylation is 2. The van der Waals surface area contributed by atoms with E-state index in [0.29, 0.717) is 11.8 Å². The molecule has 0 unspecified atom stereocenters. The zero-order valence-electron chi connectivity index (χ0n) is 32.1. The first-order valence-corrected chi connectivity index (χ1v) is 20.0. The summed E-state index contributed by atoms with van der Waals surface area (Å²) in [6, 6.07) is 59.0. The molecule has 0 fully saturated rings. The lowest BCUT2D eigenvalue weighted by Crippen LogP contribution is -1.95. The highest BCUT2D eigenvalue weighted by atomic mass is 16.4. The maximum atomic E-state index is 6.04. The second-order valence-electron chi connectivity index (χ2n) is 14.7. The molecule has 9 rings (SSSR count). The molecule has 0 amide bonds. The normalized spacial score (nSPS) is 11.5. The predicted octanol–water partition coefficient (Wildman–Crippen LogP) is 14.2. The molecule has 0 saturated heterocycles. The van der Waals surface area contributed by atoms with E-state index in [2.05, 4.69) is 162 Å². The van der Waals surface area contributed by atoms with Crippen molar-refractivity contribution < 1.29 is 4.42 Å². The Bertz CT molecular complexity index is 2690. The molecule has 56 heavy (non-hydrogen) atoms. The number of fused-ring (bicyclic) bond motifs is 3. The van der Waals surface area contributed by atoms with Gasteiger partial charge in [-0.05, 0) is 131 Å². The van der Waals surface area contributed by atoms with Crippen LogP contribution in [0, 0.1) is 0 Å². The minimum absolute atomic E-state index is 0.506. The Balaban J connectivity index is 1.05. The zero-order chi connectivity index (χ0) is 37.8. The number of unbranched alkanes of at least 4 members (excludes halogenated alkanes) is 2. The summed E-state index contributed by atoms with van der Waals surface area (Å²) in [7, 11) is 0. The van der Waals surface area contributed by atoms with E-state index < -0.39 is 0 Å². The smallest absolute Gasteiger partial charge is 0.248 e. The van der Waals surface area contributed by atoms with Gasteiger partial charge in [-0.25, -0.2) is 0 Å². The van der Waals surface area contributed by atoms with Gasteiger partial charge in [-0.1, -0.05) is 130 Å². The van der Waals surface area contributed by atoms with E-state index in [1.807, 2.05) is 30.3 Å². The van der Waals surface area contributed by atoms with Crippen LogP contribution in [0.1, 0.15) is 50.7 Å². The molecule has 0 N–H and O–H groups in total. The van der Waals surface area contributed by atoms with Gasteiger partial charge in [0, 0.05) is 27.6 Å². The fourth-order valence-corrected chi connectivity index (χ4v) is 8.03. The van der Waals surface area contributed by atoms with Gasteiger partial charge in [-0.3, -0.25) is 0 Å². The van der Waals surface area contributed by atoms with Crippen molar-refractivity contribution in [3.63, 3.8) is 0 Å². The van der Waals surface area contributed by atoms with Crippen molar-refractivity contribution in [3.05, 3.63) is 175 Å². The lowest BCUT2D eigenvalue weighted by atomic mass is 9.89. The van der Waals surface area contributed by atoms with Crippen LogP contribution in [0.25, 0.3) is 83.8 Å². The van der Waals surface area contributed by atoms with Crippen LogP contribution in [0.15, 0.2) is 168 Å². The van der Waals surface area contributed by atoms with Crippen molar-refractivity contribution in [1.29, 1.82) is 0 Å². The predicted molar refractivity (Wildman–Crippen MR) is 233 cm³/mol. The molecule has 0 radical (unpaired) electrons. The standard InChI is InChI=1S/C52H45N3O/c1-3-5-14-36-22-32-49-47(34-36)48-35-37(15-6-4-2)23-33-50(48)55(49)42-30-28-39(29-31-42)44-19-11-13-21-46(44)45-20-12-10-18-43(45)38-24-26-41(27-25-38)52-54-53-51(56-52)40-16-8-7-9-17-40/h7-13,16-35H,3-6,14-15H2,1-2H3. The summed E-state index contributed by atoms with van der Waals surface area (Å²) in [5.41, 5.74) is 15.4. The summed E-state index contributed by atoms with van der Waals surface area (Å²) < 4.78 is 8.49. The van der Waals surface area contributed by atoms with Gasteiger partial charge in [0.05, 0.1) is 11.0 Å². The first kappa shape index (κ1) is 35.2. The summed E-state index contributed by atoms with van der Waals surface area (Å²) >= 11 is 0. The largest absolute Gasteiger partial charge is 0.416 e. The third-order valence-electron chi connectivity index (χ3n) is 11.0. The van der Waals surface area contributed by atoms with Crippen LogP contribution in [0.4, 0.5) is 0 Å². The average molecular weight is 728 g/mol. The molecule has 0 aliphatic carbocycles. The van der Waals surface area contributed by atoms with Gasteiger partial charge < -0.3 is 8.98 Å². The number of benzene rings is 7. The Labute approximate surface area is 329 Å². The second kappa shape index (κ2) is 15.7. The molecular formula is C52H45N3O. The van der Waals surface area contributed by atoms with E-state index in [9.17, 15) is 0 Å². The molecule has 4 nitrogen and oxygen atoms in total. The van der Waals surface area contributed by atoms with E-state index >= 15 is 0 Å². The summed E-state index contributed by atoms with van der Waals surface area (Å²) in [6.45, 7) is 4.54. The van der Waals surface area contributed by atoms with Gasteiger partial charge in [0.25, 0.3) is 0 Å². The number of rotatable bonds is 12. The molecule has 4 heteroatoms. The van der Waals surface area contributed by atoms with Gasteiger partial charge in [-0.15, -0.1) is 10.2 Å². The van der Waals surface area contributed by atoms with Gasteiger partial charge in [-0.2, -0.15) is 0 Å². The SMILES string of the molecule is CCCCc1ccc2c(c1)c1cc(CCCC)ccc1n2-c1ccc(-c2ccccc2-c2ccccc2-c2ccc(-c3nnc(-c4ccccc4)o3)cc2)cc1. The van der Waals surface area contributed by atoms with Crippen LogP contribution in [0.2, 0.25) is 0 Å². The molecule has 0 atom stereocenters. The Morgan fingerprint density at radius 2 is 0.857 bits per heavy atom. The van der Waals surface area contributed by atoms with Gasteiger partial charge in [0.2, 0.25) is 11.8 Å². The molecule has 7 aromatic carbocycles. The quantitative estimate of drug-likeness (QED) is 0.126. The molecule has 0 aliphatic heterocycles. The number of hydrogen-bond donors (Lipinski definition) is 0. The molecule has 0 aliphatic rings. The van der Waals surface area contributed by atoms with Crippen LogP contribution in [0.5, 0.6) is 0 Å². The summed E-state index contributed by atoms with van der Waals surface area (Å²) in [6.07, 6.45) is 7.06. The Morgan fingerprint density at radius 1 is 0.429 bits per heavy atom. The monoisotopic (exact) mass is 727 g/mol. The number of nitrogens with zero attached hydrogens (tertiary/aromatic N) is 3. The Kier molecular flexibility index (Phi) is 9.86. The fraction of sp³-hybridized carbons (Fsp3) is 0.154. The Hall–Kier alpha value is -6.52. The van der Waals surface area contributed by atoms with Crippen molar-refractivity contribution in [2.24, 2.45) is 0 Å². The fourth-order valence-electron chi connectivity index (χ4n) is 8.03.